The molecule has 0 saturated carbocycles. The molecule has 2 rings (SSSR count). The standard InChI is InChI=1S/C13H23ClN6/c1-5-19(6-2)12-15-11(14)16-13(17-12)20-8-7-18(4)9-10(20)3/h10H,5-9H2,1-4H3. The first-order valence-electron chi connectivity index (χ1n) is 7.16. The van der Waals surface area contributed by atoms with E-state index >= 15 is 0 Å². The molecule has 1 aliphatic rings. The van der Waals surface area contributed by atoms with Crippen LogP contribution in [0.5, 0.6) is 0 Å². The van der Waals surface area contributed by atoms with Gasteiger partial charge in [-0.15, -0.1) is 0 Å². The van der Waals surface area contributed by atoms with Gasteiger partial charge in [0.1, 0.15) is 0 Å². The average Bonchev–Trinajstić information content (AvgIpc) is 2.39. The summed E-state index contributed by atoms with van der Waals surface area (Å²) >= 11 is 6.08. The molecule has 0 amide bonds. The van der Waals surface area contributed by atoms with Crippen LogP contribution in [0.4, 0.5) is 11.9 Å². The van der Waals surface area contributed by atoms with Crippen LogP contribution in [0.15, 0.2) is 0 Å². The van der Waals surface area contributed by atoms with Crippen molar-refractivity contribution >= 4 is 23.5 Å². The molecule has 20 heavy (non-hydrogen) atoms. The van der Waals surface area contributed by atoms with Gasteiger partial charge < -0.3 is 14.7 Å². The predicted octanol–water partition coefficient (Wildman–Crippen LogP) is 1.51. The second kappa shape index (κ2) is 6.54. The number of piperazine rings is 1. The Hall–Kier alpha value is -1.14. The molecule has 0 aromatic carbocycles. The minimum Gasteiger partial charge on any atom is -0.341 e. The summed E-state index contributed by atoms with van der Waals surface area (Å²) in [6.45, 7) is 11.0. The minimum absolute atomic E-state index is 0.267. The highest BCUT2D eigenvalue weighted by Crippen LogP contribution is 2.20. The summed E-state index contributed by atoms with van der Waals surface area (Å²) < 4.78 is 0. The molecule has 1 aliphatic heterocycles. The number of aromatic nitrogens is 3. The smallest absolute Gasteiger partial charge is 0.231 e. The van der Waals surface area contributed by atoms with Gasteiger partial charge in [-0.05, 0) is 39.4 Å². The highest BCUT2D eigenvalue weighted by Gasteiger charge is 2.25. The Kier molecular flexibility index (Phi) is 4.99. The van der Waals surface area contributed by atoms with Gasteiger partial charge in [0.2, 0.25) is 17.2 Å². The van der Waals surface area contributed by atoms with E-state index in [1.54, 1.807) is 0 Å². The molecule has 0 radical (unpaired) electrons. The third-order valence-electron chi connectivity index (χ3n) is 3.72. The van der Waals surface area contributed by atoms with Crippen LogP contribution in [0.3, 0.4) is 0 Å². The molecule has 1 unspecified atom stereocenters. The third kappa shape index (κ3) is 3.30. The van der Waals surface area contributed by atoms with Gasteiger partial charge in [-0.1, -0.05) is 0 Å². The summed E-state index contributed by atoms with van der Waals surface area (Å²) in [5.41, 5.74) is 0. The summed E-state index contributed by atoms with van der Waals surface area (Å²) in [4.78, 5) is 19.8. The van der Waals surface area contributed by atoms with Crippen molar-refractivity contribution in [2.45, 2.75) is 26.8 Å². The minimum atomic E-state index is 0.267. The van der Waals surface area contributed by atoms with Crippen molar-refractivity contribution in [2.24, 2.45) is 0 Å². The largest absolute Gasteiger partial charge is 0.341 e. The van der Waals surface area contributed by atoms with Crippen LogP contribution in [0.1, 0.15) is 20.8 Å². The van der Waals surface area contributed by atoms with Crippen molar-refractivity contribution in [3.8, 4) is 0 Å². The highest BCUT2D eigenvalue weighted by molar-refractivity contribution is 6.28. The predicted molar refractivity (Wildman–Crippen MR) is 82.7 cm³/mol. The molecular weight excluding hydrogens is 276 g/mol. The fourth-order valence-corrected chi connectivity index (χ4v) is 2.69. The van der Waals surface area contributed by atoms with Crippen molar-refractivity contribution in [3.05, 3.63) is 5.28 Å². The molecule has 0 spiro atoms. The molecule has 1 aromatic rings. The lowest BCUT2D eigenvalue weighted by Gasteiger charge is -2.38. The van der Waals surface area contributed by atoms with Crippen molar-refractivity contribution in [1.82, 2.24) is 19.9 Å². The van der Waals surface area contributed by atoms with Gasteiger partial charge in [-0.25, -0.2) is 0 Å². The van der Waals surface area contributed by atoms with E-state index in [-0.39, 0.29) is 5.28 Å². The second-order valence-electron chi connectivity index (χ2n) is 5.18. The van der Waals surface area contributed by atoms with E-state index < -0.39 is 0 Å². The number of hydrogen-bond donors (Lipinski definition) is 0. The summed E-state index contributed by atoms with van der Waals surface area (Å²) in [6.07, 6.45) is 0. The van der Waals surface area contributed by atoms with Crippen LogP contribution in [-0.2, 0) is 0 Å². The molecule has 112 valence electrons. The summed E-state index contributed by atoms with van der Waals surface area (Å²) in [5.74, 6) is 1.35. The van der Waals surface area contributed by atoms with E-state index in [1.165, 1.54) is 0 Å². The van der Waals surface area contributed by atoms with Crippen molar-refractivity contribution in [1.29, 1.82) is 0 Å². The zero-order valence-corrected chi connectivity index (χ0v) is 13.4. The van der Waals surface area contributed by atoms with E-state index in [1.807, 2.05) is 0 Å². The first kappa shape index (κ1) is 15.3. The summed E-state index contributed by atoms with van der Waals surface area (Å²) in [5, 5.41) is 0.267. The average molecular weight is 299 g/mol. The van der Waals surface area contributed by atoms with Gasteiger partial charge in [-0.3, -0.25) is 0 Å². The Labute approximate surface area is 125 Å². The Morgan fingerprint density at radius 1 is 1.20 bits per heavy atom. The SMILES string of the molecule is CCN(CC)c1nc(Cl)nc(N2CCN(C)CC2C)n1. The van der Waals surface area contributed by atoms with Gasteiger partial charge in [0.15, 0.2) is 0 Å². The van der Waals surface area contributed by atoms with Crippen LogP contribution in [0, 0.1) is 0 Å². The molecule has 2 heterocycles. The van der Waals surface area contributed by atoms with Crippen LogP contribution in [-0.4, -0.2) is 65.7 Å². The van der Waals surface area contributed by atoms with Gasteiger partial charge in [0.25, 0.3) is 0 Å². The van der Waals surface area contributed by atoms with Gasteiger partial charge in [0.05, 0.1) is 0 Å². The first-order chi connectivity index (χ1) is 9.55. The maximum Gasteiger partial charge on any atom is 0.231 e. The lowest BCUT2D eigenvalue weighted by molar-refractivity contribution is 0.273. The Bertz CT molecular complexity index is 450. The van der Waals surface area contributed by atoms with E-state index in [0.717, 1.165) is 32.7 Å². The quantitative estimate of drug-likeness (QED) is 0.840. The number of nitrogens with zero attached hydrogens (tertiary/aromatic N) is 6. The lowest BCUT2D eigenvalue weighted by atomic mass is 10.2. The number of likely N-dealkylation sites (N-methyl/N-ethyl adjacent to an activating group) is 1. The Morgan fingerprint density at radius 3 is 2.50 bits per heavy atom. The maximum absolute atomic E-state index is 6.08. The van der Waals surface area contributed by atoms with Gasteiger partial charge in [0, 0.05) is 38.8 Å². The molecule has 1 fully saturated rings. The zero-order valence-electron chi connectivity index (χ0n) is 12.7. The van der Waals surface area contributed by atoms with E-state index in [4.69, 9.17) is 11.6 Å². The molecule has 0 bridgehead atoms. The maximum atomic E-state index is 6.08. The monoisotopic (exact) mass is 298 g/mol. The summed E-state index contributed by atoms with van der Waals surface area (Å²) in [7, 11) is 2.13. The van der Waals surface area contributed by atoms with E-state index in [9.17, 15) is 0 Å². The van der Waals surface area contributed by atoms with Crippen LogP contribution >= 0.6 is 11.6 Å². The molecule has 6 nitrogen and oxygen atoms in total. The normalized spacial score (nSPS) is 20.2. The molecule has 7 heteroatoms. The van der Waals surface area contributed by atoms with Crippen molar-refractivity contribution in [2.75, 3.05) is 49.6 Å². The first-order valence-corrected chi connectivity index (χ1v) is 7.54. The van der Waals surface area contributed by atoms with Crippen LogP contribution < -0.4 is 9.80 Å². The van der Waals surface area contributed by atoms with E-state index in [2.05, 4.69) is 57.5 Å². The number of anilines is 2. The third-order valence-corrected chi connectivity index (χ3v) is 3.89. The molecule has 1 aromatic heterocycles. The van der Waals surface area contributed by atoms with Gasteiger partial charge >= 0.3 is 0 Å². The molecular formula is C13H23ClN6. The summed E-state index contributed by atoms with van der Waals surface area (Å²) in [6, 6.07) is 0.372. The molecule has 1 saturated heterocycles. The molecule has 1 atom stereocenters. The zero-order chi connectivity index (χ0) is 14.7. The fraction of sp³-hybridized carbons (Fsp3) is 0.769. The van der Waals surface area contributed by atoms with Crippen molar-refractivity contribution < 1.29 is 0 Å². The molecule has 0 aliphatic carbocycles. The second-order valence-corrected chi connectivity index (χ2v) is 5.52. The number of halogens is 1. The lowest BCUT2D eigenvalue weighted by Crippen LogP contribution is -2.51. The van der Waals surface area contributed by atoms with Crippen molar-refractivity contribution in [3.63, 3.8) is 0 Å². The number of rotatable bonds is 4. The van der Waals surface area contributed by atoms with E-state index in [0.29, 0.717) is 17.9 Å². The van der Waals surface area contributed by atoms with Gasteiger partial charge in [-0.2, -0.15) is 15.0 Å². The molecule has 0 N–H and O–H groups in total. The Morgan fingerprint density at radius 2 is 1.90 bits per heavy atom. The topological polar surface area (TPSA) is 48.4 Å². The van der Waals surface area contributed by atoms with Crippen LogP contribution in [0.2, 0.25) is 5.28 Å². The highest BCUT2D eigenvalue weighted by atomic mass is 35.5. The van der Waals surface area contributed by atoms with Crippen LogP contribution in [0.25, 0.3) is 0 Å². The number of hydrogen-bond acceptors (Lipinski definition) is 6. The fourth-order valence-electron chi connectivity index (χ4n) is 2.54. The Balaban J connectivity index is 2.27.